The molecular formula is C15H14FN3O2. The highest BCUT2D eigenvalue weighted by Gasteiger charge is 2.45. The van der Waals surface area contributed by atoms with Crippen molar-refractivity contribution in [2.45, 2.75) is 19.4 Å². The second kappa shape index (κ2) is 4.51. The average Bonchev–Trinajstić information content (AvgIpc) is 2.65. The molecule has 0 aliphatic carbocycles. The molecule has 21 heavy (non-hydrogen) atoms. The Morgan fingerprint density at radius 3 is 2.71 bits per heavy atom. The fourth-order valence-electron chi connectivity index (χ4n) is 2.64. The largest absolute Gasteiger partial charge is 0.481 e. The van der Waals surface area contributed by atoms with E-state index in [1.54, 1.807) is 12.1 Å². The van der Waals surface area contributed by atoms with Crippen LogP contribution in [0, 0.1) is 5.82 Å². The summed E-state index contributed by atoms with van der Waals surface area (Å²) in [6.07, 6.45) is 2.57. The van der Waals surface area contributed by atoms with E-state index in [0.29, 0.717) is 22.8 Å². The number of halogens is 1. The maximum atomic E-state index is 13.4. The van der Waals surface area contributed by atoms with Gasteiger partial charge in [-0.25, -0.2) is 9.37 Å². The van der Waals surface area contributed by atoms with Crippen molar-refractivity contribution in [1.29, 1.82) is 0 Å². The summed E-state index contributed by atoms with van der Waals surface area (Å²) in [5, 5.41) is 0. The van der Waals surface area contributed by atoms with Gasteiger partial charge in [0.2, 0.25) is 5.88 Å². The van der Waals surface area contributed by atoms with Gasteiger partial charge in [0.25, 0.3) is 5.91 Å². The Kier molecular flexibility index (Phi) is 2.90. The molecule has 0 saturated heterocycles. The molecule has 0 unspecified atom stereocenters. The summed E-state index contributed by atoms with van der Waals surface area (Å²) >= 11 is 0. The zero-order valence-electron chi connectivity index (χ0n) is 11.9. The van der Waals surface area contributed by atoms with Gasteiger partial charge in [0, 0.05) is 12.1 Å². The molecule has 2 aromatic rings. The zero-order valence-corrected chi connectivity index (χ0v) is 11.9. The Morgan fingerprint density at radius 2 is 2.05 bits per heavy atom. The van der Waals surface area contributed by atoms with E-state index < -0.39 is 11.4 Å². The zero-order chi connectivity index (χ0) is 15.2. The molecule has 5 nitrogen and oxygen atoms in total. The van der Waals surface area contributed by atoms with Crippen LogP contribution < -0.4 is 9.64 Å². The summed E-state index contributed by atoms with van der Waals surface area (Å²) in [5.74, 6) is -0.274. The van der Waals surface area contributed by atoms with E-state index in [9.17, 15) is 9.18 Å². The molecule has 1 aliphatic rings. The molecule has 0 radical (unpaired) electrons. The SMILES string of the molecule is COc1ccc2c(n1)C(C)(C)N(c1cncc(F)c1)C2=O. The highest BCUT2D eigenvalue weighted by Crippen LogP contribution is 2.41. The normalized spacial score (nSPS) is 16.0. The highest BCUT2D eigenvalue weighted by atomic mass is 19.1. The second-order valence-electron chi connectivity index (χ2n) is 5.31. The van der Waals surface area contributed by atoms with Crippen LogP contribution in [0.5, 0.6) is 5.88 Å². The quantitative estimate of drug-likeness (QED) is 0.851. The lowest BCUT2D eigenvalue weighted by Crippen LogP contribution is -2.39. The molecule has 1 amide bonds. The first-order valence-electron chi connectivity index (χ1n) is 6.46. The summed E-state index contributed by atoms with van der Waals surface area (Å²) in [7, 11) is 1.52. The Hall–Kier alpha value is -2.50. The molecule has 108 valence electrons. The topological polar surface area (TPSA) is 55.3 Å². The molecule has 3 heterocycles. The van der Waals surface area contributed by atoms with Gasteiger partial charge in [0.1, 0.15) is 5.82 Å². The molecular weight excluding hydrogens is 273 g/mol. The number of carbonyl (C=O) groups is 1. The van der Waals surface area contributed by atoms with Crippen LogP contribution in [0.25, 0.3) is 0 Å². The van der Waals surface area contributed by atoms with Crippen LogP contribution in [0.15, 0.2) is 30.6 Å². The van der Waals surface area contributed by atoms with Crippen molar-refractivity contribution in [3.8, 4) is 5.88 Å². The number of hydrogen-bond donors (Lipinski definition) is 0. The number of fused-ring (bicyclic) bond motifs is 1. The molecule has 0 N–H and O–H groups in total. The number of ether oxygens (including phenoxy) is 1. The van der Waals surface area contributed by atoms with Crippen LogP contribution >= 0.6 is 0 Å². The molecule has 2 aromatic heterocycles. The predicted molar refractivity (Wildman–Crippen MR) is 74.8 cm³/mol. The molecule has 0 fully saturated rings. The molecule has 1 aliphatic heterocycles. The lowest BCUT2D eigenvalue weighted by molar-refractivity contribution is 0.0982. The van der Waals surface area contributed by atoms with Crippen molar-refractivity contribution in [1.82, 2.24) is 9.97 Å². The van der Waals surface area contributed by atoms with Crippen molar-refractivity contribution in [3.05, 3.63) is 47.7 Å². The van der Waals surface area contributed by atoms with Gasteiger partial charge >= 0.3 is 0 Å². The van der Waals surface area contributed by atoms with Gasteiger partial charge in [-0.05, 0) is 19.9 Å². The molecule has 0 bridgehead atoms. The van der Waals surface area contributed by atoms with Gasteiger partial charge in [-0.1, -0.05) is 0 Å². The smallest absolute Gasteiger partial charge is 0.261 e. The Balaban J connectivity index is 2.15. The first-order valence-corrected chi connectivity index (χ1v) is 6.46. The van der Waals surface area contributed by atoms with Crippen LogP contribution in [0.1, 0.15) is 29.9 Å². The van der Waals surface area contributed by atoms with Crippen molar-refractivity contribution < 1.29 is 13.9 Å². The van der Waals surface area contributed by atoms with Gasteiger partial charge in [0.15, 0.2) is 0 Å². The minimum Gasteiger partial charge on any atom is -0.481 e. The maximum absolute atomic E-state index is 13.4. The van der Waals surface area contributed by atoms with Crippen LogP contribution in [-0.4, -0.2) is 23.0 Å². The third-order valence-electron chi connectivity index (χ3n) is 3.60. The summed E-state index contributed by atoms with van der Waals surface area (Å²) < 4.78 is 18.5. The van der Waals surface area contributed by atoms with Crippen LogP contribution in [-0.2, 0) is 5.54 Å². The van der Waals surface area contributed by atoms with E-state index in [1.165, 1.54) is 24.3 Å². The number of methoxy groups -OCH3 is 1. The number of aromatic nitrogens is 2. The number of amides is 1. The van der Waals surface area contributed by atoms with Gasteiger partial charge in [-0.15, -0.1) is 0 Å². The summed E-state index contributed by atoms with van der Waals surface area (Å²) in [4.78, 5) is 22.3. The van der Waals surface area contributed by atoms with Crippen LogP contribution in [0.2, 0.25) is 0 Å². The molecule has 0 spiro atoms. The molecule has 6 heteroatoms. The first kappa shape index (κ1) is 13.5. The van der Waals surface area contributed by atoms with E-state index >= 15 is 0 Å². The fraction of sp³-hybridized carbons (Fsp3) is 0.267. The minimum atomic E-state index is -0.712. The maximum Gasteiger partial charge on any atom is 0.261 e. The third-order valence-corrected chi connectivity index (χ3v) is 3.60. The van der Waals surface area contributed by atoms with Gasteiger partial charge < -0.3 is 4.74 Å². The predicted octanol–water partition coefficient (Wildman–Crippen LogP) is 2.52. The summed E-state index contributed by atoms with van der Waals surface area (Å²) in [5.41, 5.74) is 0.791. The summed E-state index contributed by atoms with van der Waals surface area (Å²) in [6.45, 7) is 3.71. The number of carbonyl (C=O) groups excluding carboxylic acids is 1. The number of anilines is 1. The van der Waals surface area contributed by atoms with Crippen molar-refractivity contribution in [2.75, 3.05) is 12.0 Å². The number of hydrogen-bond acceptors (Lipinski definition) is 4. The number of nitrogens with zero attached hydrogens (tertiary/aromatic N) is 3. The third kappa shape index (κ3) is 1.94. The van der Waals surface area contributed by atoms with E-state index in [2.05, 4.69) is 9.97 Å². The molecule has 0 aromatic carbocycles. The van der Waals surface area contributed by atoms with Crippen molar-refractivity contribution in [3.63, 3.8) is 0 Å². The number of rotatable bonds is 2. The molecule has 0 atom stereocenters. The van der Waals surface area contributed by atoms with Crippen molar-refractivity contribution in [2.24, 2.45) is 0 Å². The average molecular weight is 287 g/mol. The van der Waals surface area contributed by atoms with Crippen LogP contribution in [0.4, 0.5) is 10.1 Å². The van der Waals surface area contributed by atoms with E-state index in [0.717, 1.165) is 6.20 Å². The van der Waals surface area contributed by atoms with Gasteiger partial charge in [-0.3, -0.25) is 14.7 Å². The fourth-order valence-corrected chi connectivity index (χ4v) is 2.64. The monoisotopic (exact) mass is 287 g/mol. The molecule has 0 saturated carbocycles. The van der Waals surface area contributed by atoms with E-state index in [1.807, 2.05) is 13.8 Å². The first-order chi connectivity index (χ1) is 9.95. The Bertz CT molecular complexity index is 731. The standard InChI is InChI=1S/C15H14FN3O2/c1-15(2)13-11(4-5-12(18-13)21-3)14(20)19(15)10-6-9(16)7-17-8-10/h4-8H,1-3H3. The van der Waals surface area contributed by atoms with Crippen molar-refractivity contribution >= 4 is 11.6 Å². The van der Waals surface area contributed by atoms with E-state index in [-0.39, 0.29) is 5.91 Å². The lowest BCUT2D eigenvalue weighted by atomic mass is 9.99. The molecule has 3 rings (SSSR count). The van der Waals surface area contributed by atoms with Gasteiger partial charge in [-0.2, -0.15) is 0 Å². The summed E-state index contributed by atoms with van der Waals surface area (Å²) in [6, 6.07) is 4.61. The highest BCUT2D eigenvalue weighted by molar-refractivity contribution is 6.11. The van der Waals surface area contributed by atoms with E-state index in [4.69, 9.17) is 4.74 Å². The Labute approximate surface area is 121 Å². The van der Waals surface area contributed by atoms with Gasteiger partial charge in [0.05, 0.1) is 42.0 Å². The second-order valence-corrected chi connectivity index (χ2v) is 5.31. The Morgan fingerprint density at radius 1 is 1.29 bits per heavy atom. The number of pyridine rings is 2. The van der Waals surface area contributed by atoms with Crippen LogP contribution in [0.3, 0.4) is 0 Å². The minimum absolute atomic E-state index is 0.224. The lowest BCUT2D eigenvalue weighted by Gasteiger charge is -2.31.